The summed E-state index contributed by atoms with van der Waals surface area (Å²) in [5.41, 5.74) is 2.80. The first-order valence-electron chi connectivity index (χ1n) is 8.42. The molecule has 10 heteroatoms. The number of nitrogens with two attached hydrogens (primary N) is 1. The number of tetrazole rings is 1. The molecule has 0 bridgehead atoms. The summed E-state index contributed by atoms with van der Waals surface area (Å²) in [5.74, 6) is -0.195. The molecule has 1 unspecified atom stereocenters. The van der Waals surface area contributed by atoms with Crippen LogP contribution in [0.15, 0.2) is 53.7 Å². The lowest BCUT2D eigenvalue weighted by Crippen LogP contribution is -2.30. The third-order valence-corrected chi connectivity index (χ3v) is 5.52. The van der Waals surface area contributed by atoms with E-state index >= 15 is 0 Å². The molecule has 3 aromatic rings. The number of benzene rings is 2. The predicted molar refractivity (Wildman–Crippen MR) is 102 cm³/mol. The third kappa shape index (κ3) is 3.92. The van der Waals surface area contributed by atoms with Crippen molar-refractivity contribution in [2.75, 3.05) is 7.05 Å². The van der Waals surface area contributed by atoms with Crippen molar-refractivity contribution in [1.29, 1.82) is 0 Å². The molecule has 0 aliphatic rings. The van der Waals surface area contributed by atoms with Crippen LogP contribution in [0.2, 0.25) is 0 Å². The third-order valence-electron chi connectivity index (χ3n) is 4.61. The van der Waals surface area contributed by atoms with Crippen molar-refractivity contribution in [2.45, 2.75) is 24.8 Å². The Balaban J connectivity index is 1.85. The van der Waals surface area contributed by atoms with Gasteiger partial charge in [-0.1, -0.05) is 12.1 Å². The summed E-state index contributed by atoms with van der Waals surface area (Å²) in [6.07, 6.45) is 1.48. The summed E-state index contributed by atoms with van der Waals surface area (Å²) in [7, 11) is -2.14. The zero-order chi connectivity index (χ0) is 20.5. The van der Waals surface area contributed by atoms with Crippen molar-refractivity contribution < 1.29 is 13.2 Å². The quantitative estimate of drug-likeness (QED) is 0.691. The summed E-state index contributed by atoms with van der Waals surface area (Å²) in [4.78, 5) is 14.5. The average molecular weight is 400 g/mol. The molecule has 0 saturated heterocycles. The lowest BCUT2D eigenvalue weighted by molar-refractivity contribution is 0.0742. The molecule has 0 saturated carbocycles. The maximum atomic E-state index is 12.9. The second-order valence-corrected chi connectivity index (χ2v) is 8.03. The standard InChI is InChI=1S/C18H20N6O3S/c1-12-9-15(7-8-17(12)24-11-20-21-22-24)18(25)23(3)13(2)14-5-4-6-16(10-14)28(19,26)27/h4-11,13H,1-3H3,(H2,19,26,27). The number of sulfonamides is 1. The highest BCUT2D eigenvalue weighted by Crippen LogP contribution is 2.24. The van der Waals surface area contributed by atoms with Crippen LogP contribution in [0, 0.1) is 6.92 Å². The number of rotatable bonds is 5. The second kappa shape index (κ2) is 7.49. The van der Waals surface area contributed by atoms with Crippen LogP contribution in [0.25, 0.3) is 5.69 Å². The molecule has 0 aliphatic heterocycles. The Bertz CT molecular complexity index is 1110. The molecule has 9 nitrogen and oxygen atoms in total. The molecule has 1 atom stereocenters. The Morgan fingerprint density at radius 3 is 2.57 bits per heavy atom. The first kappa shape index (κ1) is 19.6. The van der Waals surface area contributed by atoms with Gasteiger partial charge in [-0.2, -0.15) is 0 Å². The summed E-state index contributed by atoms with van der Waals surface area (Å²) in [6.45, 7) is 3.69. The van der Waals surface area contributed by atoms with Crippen LogP contribution in [0.4, 0.5) is 0 Å². The molecule has 2 aromatic carbocycles. The molecule has 1 aromatic heterocycles. The van der Waals surface area contributed by atoms with E-state index in [4.69, 9.17) is 5.14 Å². The Hall–Kier alpha value is -3.11. The van der Waals surface area contributed by atoms with E-state index in [0.29, 0.717) is 11.1 Å². The molecular formula is C18H20N6O3S. The van der Waals surface area contributed by atoms with Gasteiger partial charge in [-0.3, -0.25) is 4.79 Å². The molecule has 0 spiro atoms. The summed E-state index contributed by atoms with van der Waals surface area (Å²) >= 11 is 0. The number of nitrogens with zero attached hydrogens (tertiary/aromatic N) is 5. The van der Waals surface area contributed by atoms with Gasteiger partial charge in [0, 0.05) is 12.6 Å². The van der Waals surface area contributed by atoms with E-state index < -0.39 is 10.0 Å². The van der Waals surface area contributed by atoms with E-state index in [0.717, 1.165) is 11.3 Å². The van der Waals surface area contributed by atoms with Crippen molar-refractivity contribution in [3.8, 4) is 5.69 Å². The highest BCUT2D eigenvalue weighted by Gasteiger charge is 2.21. The summed E-state index contributed by atoms with van der Waals surface area (Å²) in [6, 6.07) is 11.2. The van der Waals surface area contributed by atoms with Crippen molar-refractivity contribution in [3.63, 3.8) is 0 Å². The van der Waals surface area contributed by atoms with Gasteiger partial charge >= 0.3 is 0 Å². The van der Waals surface area contributed by atoms with Gasteiger partial charge in [-0.05, 0) is 65.7 Å². The minimum atomic E-state index is -3.81. The van der Waals surface area contributed by atoms with Crippen LogP contribution in [0.3, 0.4) is 0 Å². The molecule has 2 N–H and O–H groups in total. The largest absolute Gasteiger partial charge is 0.335 e. The number of primary sulfonamides is 1. The van der Waals surface area contributed by atoms with E-state index in [-0.39, 0.29) is 16.8 Å². The molecular weight excluding hydrogens is 380 g/mol. The fraction of sp³-hybridized carbons (Fsp3) is 0.222. The maximum absolute atomic E-state index is 12.9. The predicted octanol–water partition coefficient (Wildman–Crippen LogP) is 1.45. The Morgan fingerprint density at radius 2 is 1.96 bits per heavy atom. The zero-order valence-electron chi connectivity index (χ0n) is 15.6. The number of carbonyl (C=O) groups excluding carboxylic acids is 1. The fourth-order valence-corrected chi connectivity index (χ4v) is 3.44. The normalized spacial score (nSPS) is 12.6. The van der Waals surface area contributed by atoms with Gasteiger partial charge in [0.05, 0.1) is 16.6 Å². The first-order chi connectivity index (χ1) is 13.2. The molecule has 0 aliphatic carbocycles. The van der Waals surface area contributed by atoms with Crippen molar-refractivity contribution in [2.24, 2.45) is 5.14 Å². The second-order valence-electron chi connectivity index (χ2n) is 6.47. The summed E-state index contributed by atoms with van der Waals surface area (Å²) < 4.78 is 24.7. The number of hydrogen-bond acceptors (Lipinski definition) is 6. The van der Waals surface area contributed by atoms with Crippen LogP contribution in [-0.2, 0) is 10.0 Å². The Labute approximate surface area is 162 Å². The first-order valence-corrected chi connectivity index (χ1v) is 9.97. The van der Waals surface area contributed by atoms with Crippen LogP contribution in [-0.4, -0.2) is 46.5 Å². The Morgan fingerprint density at radius 1 is 1.21 bits per heavy atom. The number of amides is 1. The zero-order valence-corrected chi connectivity index (χ0v) is 16.5. The van der Waals surface area contributed by atoms with Crippen LogP contribution in [0.5, 0.6) is 0 Å². The number of carbonyl (C=O) groups is 1. The van der Waals surface area contributed by atoms with E-state index in [1.165, 1.54) is 23.1 Å². The van der Waals surface area contributed by atoms with Crippen LogP contribution in [0.1, 0.15) is 34.5 Å². The van der Waals surface area contributed by atoms with Gasteiger partial charge in [-0.25, -0.2) is 18.2 Å². The topological polar surface area (TPSA) is 124 Å². The van der Waals surface area contributed by atoms with E-state index in [2.05, 4.69) is 15.5 Å². The number of aryl methyl sites for hydroxylation is 1. The van der Waals surface area contributed by atoms with E-state index in [9.17, 15) is 13.2 Å². The number of aromatic nitrogens is 4. The molecule has 0 radical (unpaired) electrons. The maximum Gasteiger partial charge on any atom is 0.254 e. The minimum Gasteiger partial charge on any atom is -0.335 e. The van der Waals surface area contributed by atoms with Crippen LogP contribution >= 0.6 is 0 Å². The Kier molecular flexibility index (Phi) is 5.25. The average Bonchev–Trinajstić information content (AvgIpc) is 3.20. The van der Waals surface area contributed by atoms with Gasteiger partial charge in [0.25, 0.3) is 5.91 Å². The van der Waals surface area contributed by atoms with E-state index in [1.807, 2.05) is 13.8 Å². The molecule has 1 amide bonds. The molecule has 1 heterocycles. The highest BCUT2D eigenvalue weighted by atomic mass is 32.2. The smallest absolute Gasteiger partial charge is 0.254 e. The monoisotopic (exact) mass is 400 g/mol. The number of hydrogen-bond donors (Lipinski definition) is 1. The molecule has 3 rings (SSSR count). The fourth-order valence-electron chi connectivity index (χ4n) is 2.87. The van der Waals surface area contributed by atoms with Crippen molar-refractivity contribution >= 4 is 15.9 Å². The highest BCUT2D eigenvalue weighted by molar-refractivity contribution is 7.89. The SMILES string of the molecule is Cc1cc(C(=O)N(C)C(C)c2cccc(S(N)(=O)=O)c2)ccc1-n1cnnn1. The van der Waals surface area contributed by atoms with Gasteiger partial charge in [0.15, 0.2) is 0 Å². The molecule has 0 fully saturated rings. The van der Waals surface area contributed by atoms with Gasteiger partial charge in [0.2, 0.25) is 10.0 Å². The van der Waals surface area contributed by atoms with Gasteiger partial charge < -0.3 is 4.90 Å². The minimum absolute atomic E-state index is 0.0133. The van der Waals surface area contributed by atoms with Crippen LogP contribution < -0.4 is 5.14 Å². The molecule has 28 heavy (non-hydrogen) atoms. The lowest BCUT2D eigenvalue weighted by Gasteiger charge is -2.26. The molecule has 146 valence electrons. The van der Waals surface area contributed by atoms with E-state index in [1.54, 1.807) is 42.3 Å². The summed E-state index contributed by atoms with van der Waals surface area (Å²) in [5, 5.41) is 16.3. The van der Waals surface area contributed by atoms with Gasteiger partial charge in [-0.15, -0.1) is 5.10 Å². The van der Waals surface area contributed by atoms with Crippen molar-refractivity contribution in [3.05, 3.63) is 65.5 Å². The lowest BCUT2D eigenvalue weighted by atomic mass is 10.0. The van der Waals surface area contributed by atoms with Gasteiger partial charge in [0.1, 0.15) is 6.33 Å². The van der Waals surface area contributed by atoms with Crippen molar-refractivity contribution in [1.82, 2.24) is 25.1 Å².